The summed E-state index contributed by atoms with van der Waals surface area (Å²) in [5, 5.41) is 0. The quantitative estimate of drug-likeness (QED) is 0.398. The van der Waals surface area contributed by atoms with Crippen molar-refractivity contribution in [3.63, 3.8) is 0 Å². The average molecular weight is 158 g/mol. The second-order valence-electron chi connectivity index (χ2n) is 1.10. The van der Waals surface area contributed by atoms with Gasteiger partial charge in [0.05, 0.1) is 7.82 Å². The highest BCUT2D eigenvalue weighted by Gasteiger charge is 1.95. The van der Waals surface area contributed by atoms with Crippen LogP contribution in [0.4, 0.5) is 0 Å². The van der Waals surface area contributed by atoms with Crippen molar-refractivity contribution in [1.82, 2.24) is 0 Å². The van der Waals surface area contributed by atoms with Gasteiger partial charge in [-0.05, 0) is 6.92 Å². The standard InChI is InChI=1S/C2H6ClO4P/c1-2(3)7-8(4,5)6/h2H,1H3,(H2,4,5,6)/p-2. The van der Waals surface area contributed by atoms with E-state index in [0.717, 1.165) is 0 Å². The van der Waals surface area contributed by atoms with Gasteiger partial charge in [0, 0.05) is 0 Å². The van der Waals surface area contributed by atoms with Crippen LogP contribution < -0.4 is 9.79 Å². The van der Waals surface area contributed by atoms with E-state index in [9.17, 15) is 14.4 Å². The summed E-state index contributed by atoms with van der Waals surface area (Å²) in [5.41, 5.74) is -1.07. The lowest BCUT2D eigenvalue weighted by Crippen LogP contribution is -2.18. The van der Waals surface area contributed by atoms with Crippen molar-refractivity contribution in [1.29, 1.82) is 0 Å². The van der Waals surface area contributed by atoms with Gasteiger partial charge < -0.3 is 18.9 Å². The van der Waals surface area contributed by atoms with Crippen molar-refractivity contribution < 1.29 is 18.9 Å². The summed E-state index contributed by atoms with van der Waals surface area (Å²) in [5.74, 6) is 0. The monoisotopic (exact) mass is 158 g/mol. The van der Waals surface area contributed by atoms with Gasteiger partial charge in [-0.15, -0.1) is 0 Å². The zero-order valence-corrected chi connectivity index (χ0v) is 5.69. The zero-order chi connectivity index (χ0) is 6.78. The Morgan fingerprint density at radius 2 is 2.12 bits per heavy atom. The van der Waals surface area contributed by atoms with Gasteiger partial charge in [-0.2, -0.15) is 0 Å². The first-order valence-electron chi connectivity index (χ1n) is 1.76. The molecule has 0 aromatic heterocycles. The van der Waals surface area contributed by atoms with Gasteiger partial charge in [-0.25, -0.2) is 0 Å². The van der Waals surface area contributed by atoms with Gasteiger partial charge in [0.1, 0.15) is 5.56 Å². The van der Waals surface area contributed by atoms with E-state index in [0.29, 0.717) is 0 Å². The molecule has 0 saturated carbocycles. The van der Waals surface area contributed by atoms with E-state index in [4.69, 9.17) is 11.6 Å². The second-order valence-corrected chi connectivity index (χ2v) is 2.82. The Morgan fingerprint density at radius 1 is 1.75 bits per heavy atom. The SMILES string of the molecule is CC(Cl)OP(=O)([O-])[O-]. The molecular weight excluding hydrogens is 154 g/mol. The smallest absolute Gasteiger partial charge is 0.133 e. The molecule has 0 heterocycles. The Labute approximate surface area is 51.7 Å². The average Bonchev–Trinajstić information content (AvgIpc) is 1.21. The molecule has 4 nitrogen and oxygen atoms in total. The summed E-state index contributed by atoms with van der Waals surface area (Å²) >= 11 is 4.97. The highest BCUT2D eigenvalue weighted by molar-refractivity contribution is 7.43. The maximum atomic E-state index is 9.61. The summed E-state index contributed by atoms with van der Waals surface area (Å²) in [6.07, 6.45) is 0. The minimum Gasteiger partial charge on any atom is -0.790 e. The Kier molecular flexibility index (Phi) is 2.94. The van der Waals surface area contributed by atoms with Gasteiger partial charge in [0.2, 0.25) is 0 Å². The maximum absolute atomic E-state index is 9.61. The fraction of sp³-hybridized carbons (Fsp3) is 1.00. The number of phosphoric acid groups is 1. The van der Waals surface area contributed by atoms with Gasteiger partial charge in [-0.1, -0.05) is 11.6 Å². The minimum absolute atomic E-state index is 1.07. The molecule has 1 unspecified atom stereocenters. The van der Waals surface area contributed by atoms with E-state index in [2.05, 4.69) is 4.52 Å². The molecule has 6 heteroatoms. The van der Waals surface area contributed by atoms with E-state index in [-0.39, 0.29) is 0 Å². The predicted octanol–water partition coefficient (Wildman–Crippen LogP) is -0.584. The molecule has 0 aromatic carbocycles. The van der Waals surface area contributed by atoms with Gasteiger partial charge >= 0.3 is 0 Å². The lowest BCUT2D eigenvalue weighted by atomic mass is 10.9. The molecule has 0 N–H and O–H groups in total. The normalized spacial score (nSPS) is 16.0. The molecule has 0 rings (SSSR count). The van der Waals surface area contributed by atoms with Crippen molar-refractivity contribution in [2.75, 3.05) is 0 Å². The number of rotatable bonds is 2. The van der Waals surface area contributed by atoms with Crippen molar-refractivity contribution in [3.05, 3.63) is 0 Å². The Bertz CT molecular complexity index is 107. The van der Waals surface area contributed by atoms with Crippen LogP contribution in [0.3, 0.4) is 0 Å². The summed E-state index contributed by atoms with van der Waals surface area (Å²) in [6, 6.07) is 0. The zero-order valence-electron chi connectivity index (χ0n) is 4.04. The third-order valence-electron chi connectivity index (χ3n) is 0.274. The molecule has 0 radical (unpaired) electrons. The van der Waals surface area contributed by atoms with Crippen LogP contribution >= 0.6 is 19.4 Å². The van der Waals surface area contributed by atoms with Crippen LogP contribution in [0.25, 0.3) is 0 Å². The van der Waals surface area contributed by atoms with Gasteiger partial charge in [0.25, 0.3) is 0 Å². The first-order valence-corrected chi connectivity index (χ1v) is 3.66. The topological polar surface area (TPSA) is 72.4 Å². The van der Waals surface area contributed by atoms with Crippen molar-refractivity contribution in [3.8, 4) is 0 Å². The van der Waals surface area contributed by atoms with E-state index < -0.39 is 13.4 Å². The number of hydrogen-bond donors (Lipinski definition) is 0. The summed E-state index contributed by atoms with van der Waals surface area (Å²) in [7, 11) is -4.85. The molecule has 0 spiro atoms. The number of alkyl halides is 1. The highest BCUT2D eigenvalue weighted by Crippen LogP contribution is 2.27. The van der Waals surface area contributed by atoms with Crippen LogP contribution in [0.1, 0.15) is 6.92 Å². The molecule has 0 saturated heterocycles. The minimum atomic E-state index is -4.85. The van der Waals surface area contributed by atoms with E-state index in [1.165, 1.54) is 6.92 Å². The van der Waals surface area contributed by atoms with Crippen molar-refractivity contribution >= 4 is 19.4 Å². The lowest BCUT2D eigenvalue weighted by molar-refractivity contribution is -0.342. The molecule has 0 aliphatic heterocycles. The maximum Gasteiger partial charge on any atom is 0.133 e. The molecular formula is C2H4ClO4P-2. The summed E-state index contributed by atoms with van der Waals surface area (Å²) < 4.78 is 13.3. The highest BCUT2D eigenvalue weighted by atomic mass is 35.5. The summed E-state index contributed by atoms with van der Waals surface area (Å²) in [4.78, 5) is 19.2. The first kappa shape index (κ1) is 8.40. The number of hydrogen-bond acceptors (Lipinski definition) is 4. The first-order chi connectivity index (χ1) is 3.42. The van der Waals surface area contributed by atoms with Crippen LogP contribution in [0.2, 0.25) is 0 Å². The third kappa shape index (κ3) is 6.40. The van der Waals surface area contributed by atoms with Crippen LogP contribution in [-0.2, 0) is 9.09 Å². The Balaban J connectivity index is 3.56. The number of halogens is 1. The summed E-state index contributed by atoms with van der Waals surface area (Å²) in [6.45, 7) is 1.24. The molecule has 8 heavy (non-hydrogen) atoms. The molecule has 1 atom stereocenters. The predicted molar refractivity (Wildman–Crippen MR) is 24.0 cm³/mol. The lowest BCUT2D eigenvalue weighted by Gasteiger charge is -2.29. The molecule has 0 aliphatic rings. The van der Waals surface area contributed by atoms with E-state index >= 15 is 0 Å². The third-order valence-corrected chi connectivity index (χ3v) is 1.06. The molecule has 0 aliphatic carbocycles. The van der Waals surface area contributed by atoms with Gasteiger partial charge in [-0.3, -0.25) is 0 Å². The van der Waals surface area contributed by atoms with Crippen molar-refractivity contribution in [2.24, 2.45) is 0 Å². The molecule has 0 aromatic rings. The molecule has 0 amide bonds. The van der Waals surface area contributed by atoms with E-state index in [1.54, 1.807) is 0 Å². The molecule has 0 fully saturated rings. The Morgan fingerprint density at radius 3 is 2.12 bits per heavy atom. The van der Waals surface area contributed by atoms with Crippen LogP contribution in [-0.4, -0.2) is 5.56 Å². The van der Waals surface area contributed by atoms with Crippen LogP contribution in [0.15, 0.2) is 0 Å². The molecule has 0 bridgehead atoms. The fourth-order valence-corrected chi connectivity index (χ4v) is 0.826. The number of phosphoric ester groups is 1. The Hall–Kier alpha value is 0.400. The van der Waals surface area contributed by atoms with Gasteiger partial charge in [0.15, 0.2) is 0 Å². The largest absolute Gasteiger partial charge is 0.790 e. The fourth-order valence-electron chi connectivity index (χ4n) is 0.178. The van der Waals surface area contributed by atoms with Crippen LogP contribution in [0, 0.1) is 0 Å². The molecule has 50 valence electrons. The van der Waals surface area contributed by atoms with Crippen LogP contribution in [0.5, 0.6) is 0 Å². The second kappa shape index (κ2) is 2.80. The van der Waals surface area contributed by atoms with Crippen molar-refractivity contribution in [2.45, 2.75) is 12.5 Å². The van der Waals surface area contributed by atoms with E-state index in [1.807, 2.05) is 0 Å².